The fourth-order valence-corrected chi connectivity index (χ4v) is 2.17. The van der Waals surface area contributed by atoms with Crippen LogP contribution in [0.1, 0.15) is 25.8 Å². The van der Waals surface area contributed by atoms with E-state index in [1.807, 2.05) is 12.1 Å². The number of nitrogens with one attached hydrogen (secondary N) is 1. The maximum absolute atomic E-state index is 5.35. The van der Waals surface area contributed by atoms with E-state index >= 15 is 0 Å². The number of ether oxygens (including phenoxy) is 1. The average molecular weight is 286 g/mol. The lowest BCUT2D eigenvalue weighted by Gasteiger charge is -2.14. The van der Waals surface area contributed by atoms with Crippen LogP contribution in [0.25, 0.3) is 0 Å². The van der Waals surface area contributed by atoms with Gasteiger partial charge < -0.3 is 10.1 Å². The van der Waals surface area contributed by atoms with Gasteiger partial charge in [-0.25, -0.2) is 0 Å². The molecule has 0 saturated carbocycles. The van der Waals surface area contributed by atoms with Crippen LogP contribution in [0.15, 0.2) is 22.7 Å². The Morgan fingerprint density at radius 2 is 2.19 bits per heavy atom. The molecule has 1 unspecified atom stereocenters. The molecule has 0 saturated heterocycles. The van der Waals surface area contributed by atoms with Gasteiger partial charge in [0.15, 0.2) is 0 Å². The van der Waals surface area contributed by atoms with Crippen LogP contribution < -0.4 is 10.1 Å². The monoisotopic (exact) mass is 285 g/mol. The molecular weight excluding hydrogens is 266 g/mol. The average Bonchev–Trinajstić information content (AvgIpc) is 2.27. The first-order valence-corrected chi connectivity index (χ1v) is 6.52. The Hall–Kier alpha value is -0.540. The lowest BCUT2D eigenvalue weighted by Crippen LogP contribution is -2.25. The second-order valence-corrected chi connectivity index (χ2v) is 4.87. The van der Waals surface area contributed by atoms with Crippen molar-refractivity contribution in [3.8, 4) is 5.75 Å². The first-order valence-electron chi connectivity index (χ1n) is 5.73. The van der Waals surface area contributed by atoms with E-state index in [0.717, 1.165) is 29.6 Å². The van der Waals surface area contributed by atoms with Gasteiger partial charge in [0.1, 0.15) is 5.75 Å². The van der Waals surface area contributed by atoms with E-state index in [1.54, 1.807) is 7.11 Å². The normalized spacial score (nSPS) is 12.5. The van der Waals surface area contributed by atoms with Gasteiger partial charge >= 0.3 is 0 Å². The van der Waals surface area contributed by atoms with Crippen LogP contribution in [0.3, 0.4) is 0 Å². The van der Waals surface area contributed by atoms with Crippen LogP contribution in [0.4, 0.5) is 0 Å². The summed E-state index contributed by atoms with van der Waals surface area (Å²) < 4.78 is 6.46. The van der Waals surface area contributed by atoms with Crippen molar-refractivity contribution in [2.45, 2.75) is 32.7 Å². The SMILES string of the molecule is CCNC(C)CCc1cc(Br)ccc1OC. The predicted molar refractivity (Wildman–Crippen MR) is 72.2 cm³/mol. The van der Waals surface area contributed by atoms with Crippen molar-refractivity contribution in [2.24, 2.45) is 0 Å². The molecule has 90 valence electrons. The molecule has 1 aromatic carbocycles. The number of aryl methyl sites for hydroxylation is 1. The minimum Gasteiger partial charge on any atom is -0.496 e. The van der Waals surface area contributed by atoms with E-state index in [-0.39, 0.29) is 0 Å². The fraction of sp³-hybridized carbons (Fsp3) is 0.538. The topological polar surface area (TPSA) is 21.3 Å². The Labute approximate surface area is 107 Å². The van der Waals surface area contributed by atoms with E-state index in [1.165, 1.54) is 5.56 Å². The highest BCUT2D eigenvalue weighted by atomic mass is 79.9. The van der Waals surface area contributed by atoms with Crippen molar-refractivity contribution < 1.29 is 4.74 Å². The standard InChI is InChI=1S/C13H20BrNO/c1-4-15-10(2)5-6-11-9-12(14)7-8-13(11)16-3/h7-10,15H,4-6H2,1-3H3. The Morgan fingerprint density at radius 1 is 1.44 bits per heavy atom. The molecule has 0 aliphatic carbocycles. The summed E-state index contributed by atoms with van der Waals surface area (Å²) in [5.41, 5.74) is 1.27. The molecule has 3 heteroatoms. The van der Waals surface area contributed by atoms with Crippen molar-refractivity contribution in [1.29, 1.82) is 0 Å². The van der Waals surface area contributed by atoms with Gasteiger partial charge in [0, 0.05) is 10.5 Å². The molecule has 0 aliphatic rings. The molecule has 0 heterocycles. The molecule has 1 N–H and O–H groups in total. The molecule has 0 aromatic heterocycles. The van der Waals surface area contributed by atoms with Gasteiger partial charge in [-0.2, -0.15) is 0 Å². The van der Waals surface area contributed by atoms with Crippen molar-refractivity contribution >= 4 is 15.9 Å². The van der Waals surface area contributed by atoms with E-state index < -0.39 is 0 Å². The summed E-state index contributed by atoms with van der Waals surface area (Å²) in [6.07, 6.45) is 2.16. The first-order chi connectivity index (χ1) is 7.67. The number of hydrogen-bond donors (Lipinski definition) is 1. The van der Waals surface area contributed by atoms with Crippen molar-refractivity contribution in [3.05, 3.63) is 28.2 Å². The second-order valence-electron chi connectivity index (χ2n) is 3.95. The van der Waals surface area contributed by atoms with E-state index in [4.69, 9.17) is 4.74 Å². The van der Waals surface area contributed by atoms with Crippen LogP contribution in [0.5, 0.6) is 5.75 Å². The molecule has 0 bridgehead atoms. The molecule has 0 amide bonds. The van der Waals surface area contributed by atoms with Crippen molar-refractivity contribution in [1.82, 2.24) is 5.32 Å². The minimum absolute atomic E-state index is 0.550. The molecule has 1 aromatic rings. The third-order valence-electron chi connectivity index (χ3n) is 2.64. The van der Waals surface area contributed by atoms with Gasteiger partial charge in [-0.3, -0.25) is 0 Å². The summed E-state index contributed by atoms with van der Waals surface area (Å²) in [6, 6.07) is 6.71. The zero-order valence-electron chi connectivity index (χ0n) is 10.2. The Morgan fingerprint density at radius 3 is 2.81 bits per heavy atom. The van der Waals surface area contributed by atoms with E-state index in [9.17, 15) is 0 Å². The highest BCUT2D eigenvalue weighted by molar-refractivity contribution is 9.10. The van der Waals surface area contributed by atoms with Gasteiger partial charge in [-0.05, 0) is 50.1 Å². The molecule has 1 rings (SSSR count). The van der Waals surface area contributed by atoms with Crippen LogP contribution in [0, 0.1) is 0 Å². The molecular formula is C13H20BrNO. The summed E-state index contributed by atoms with van der Waals surface area (Å²) in [5, 5.41) is 3.42. The van der Waals surface area contributed by atoms with Gasteiger partial charge in [0.2, 0.25) is 0 Å². The number of methoxy groups -OCH3 is 1. The van der Waals surface area contributed by atoms with E-state index in [0.29, 0.717) is 6.04 Å². The predicted octanol–water partition coefficient (Wildman–Crippen LogP) is 3.39. The minimum atomic E-state index is 0.550. The number of rotatable bonds is 6. The Balaban J connectivity index is 2.61. The second kappa shape index (κ2) is 6.92. The summed E-state index contributed by atoms with van der Waals surface area (Å²) in [4.78, 5) is 0. The summed E-state index contributed by atoms with van der Waals surface area (Å²) in [5.74, 6) is 0.979. The number of hydrogen-bond acceptors (Lipinski definition) is 2. The van der Waals surface area contributed by atoms with Crippen molar-refractivity contribution in [3.63, 3.8) is 0 Å². The zero-order chi connectivity index (χ0) is 12.0. The maximum atomic E-state index is 5.35. The quantitative estimate of drug-likeness (QED) is 0.865. The summed E-state index contributed by atoms with van der Waals surface area (Å²) in [7, 11) is 1.72. The van der Waals surface area contributed by atoms with Gasteiger partial charge in [-0.1, -0.05) is 22.9 Å². The van der Waals surface area contributed by atoms with Crippen molar-refractivity contribution in [2.75, 3.05) is 13.7 Å². The van der Waals surface area contributed by atoms with Gasteiger partial charge in [0.25, 0.3) is 0 Å². The third kappa shape index (κ3) is 4.14. The molecule has 16 heavy (non-hydrogen) atoms. The zero-order valence-corrected chi connectivity index (χ0v) is 11.8. The fourth-order valence-electron chi connectivity index (χ4n) is 1.77. The maximum Gasteiger partial charge on any atom is 0.122 e. The van der Waals surface area contributed by atoms with Crippen LogP contribution >= 0.6 is 15.9 Å². The number of halogens is 1. The van der Waals surface area contributed by atoms with Crippen LogP contribution in [-0.4, -0.2) is 19.7 Å². The van der Waals surface area contributed by atoms with E-state index in [2.05, 4.69) is 41.2 Å². The summed E-state index contributed by atoms with van der Waals surface area (Å²) >= 11 is 3.49. The Bertz CT molecular complexity index is 328. The van der Waals surface area contributed by atoms with Gasteiger partial charge in [0.05, 0.1) is 7.11 Å². The summed E-state index contributed by atoms with van der Waals surface area (Å²) in [6.45, 7) is 5.38. The lowest BCUT2D eigenvalue weighted by atomic mass is 10.1. The molecule has 0 fully saturated rings. The molecule has 2 nitrogen and oxygen atoms in total. The first kappa shape index (κ1) is 13.5. The molecule has 0 radical (unpaired) electrons. The molecule has 0 spiro atoms. The largest absolute Gasteiger partial charge is 0.496 e. The molecule has 1 atom stereocenters. The van der Waals surface area contributed by atoms with Crippen LogP contribution in [0.2, 0.25) is 0 Å². The molecule has 0 aliphatic heterocycles. The number of benzene rings is 1. The third-order valence-corrected chi connectivity index (χ3v) is 3.13. The highest BCUT2D eigenvalue weighted by Gasteiger charge is 2.06. The van der Waals surface area contributed by atoms with Crippen LogP contribution in [-0.2, 0) is 6.42 Å². The van der Waals surface area contributed by atoms with Gasteiger partial charge in [-0.15, -0.1) is 0 Å². The Kier molecular flexibility index (Phi) is 5.85. The highest BCUT2D eigenvalue weighted by Crippen LogP contribution is 2.24. The smallest absolute Gasteiger partial charge is 0.122 e. The lowest BCUT2D eigenvalue weighted by molar-refractivity contribution is 0.407.